The fraction of sp³-hybridized carbons (Fsp3) is 0.462. The molecule has 17 heavy (non-hydrogen) atoms. The summed E-state index contributed by atoms with van der Waals surface area (Å²) in [5.74, 6) is -0.311. The smallest absolute Gasteiger partial charge is 0.219 e. The second kappa shape index (κ2) is 4.85. The lowest BCUT2D eigenvalue weighted by Gasteiger charge is -2.23. The molecule has 1 amide bonds. The van der Waals surface area contributed by atoms with Gasteiger partial charge < -0.3 is 11.5 Å². The number of likely N-dealkylation sites (tertiary alicyclic amines) is 1. The number of primary amides is 1. The van der Waals surface area contributed by atoms with Crippen molar-refractivity contribution in [2.45, 2.75) is 24.9 Å². The van der Waals surface area contributed by atoms with E-state index in [1.165, 1.54) is 5.56 Å². The van der Waals surface area contributed by atoms with E-state index in [0.717, 1.165) is 26.1 Å². The molecule has 0 spiro atoms. The Morgan fingerprint density at radius 1 is 1.35 bits per heavy atom. The van der Waals surface area contributed by atoms with Gasteiger partial charge in [0.05, 0.1) is 0 Å². The van der Waals surface area contributed by atoms with Crippen molar-refractivity contribution in [2.24, 2.45) is 11.5 Å². The number of carbonyl (C=O) groups excluding carboxylic acids is 1. The Kier molecular flexibility index (Phi) is 3.45. The Morgan fingerprint density at radius 2 is 2.06 bits per heavy atom. The molecule has 1 aliphatic rings. The standard InChI is InChI=1S/C13H19N3O/c14-12(17)8-13(15)6-7-16(10-13)9-11-4-2-1-3-5-11/h1-5H,6-10,15H2,(H2,14,17). The summed E-state index contributed by atoms with van der Waals surface area (Å²) in [6.45, 7) is 2.56. The number of amides is 1. The topological polar surface area (TPSA) is 72.3 Å². The van der Waals surface area contributed by atoms with E-state index in [-0.39, 0.29) is 12.3 Å². The summed E-state index contributed by atoms with van der Waals surface area (Å²) in [7, 11) is 0. The zero-order valence-electron chi connectivity index (χ0n) is 9.93. The maximum absolute atomic E-state index is 10.9. The summed E-state index contributed by atoms with van der Waals surface area (Å²) < 4.78 is 0. The first kappa shape index (κ1) is 12.1. The van der Waals surface area contributed by atoms with E-state index in [9.17, 15) is 4.79 Å². The first-order valence-corrected chi connectivity index (χ1v) is 5.91. The third-order valence-corrected chi connectivity index (χ3v) is 3.24. The molecule has 4 nitrogen and oxygen atoms in total. The maximum atomic E-state index is 10.9. The Labute approximate surface area is 102 Å². The van der Waals surface area contributed by atoms with E-state index in [4.69, 9.17) is 11.5 Å². The molecule has 1 aliphatic heterocycles. The molecule has 92 valence electrons. The lowest BCUT2D eigenvalue weighted by molar-refractivity contribution is -0.119. The number of hydrogen-bond donors (Lipinski definition) is 2. The molecule has 1 heterocycles. The van der Waals surface area contributed by atoms with Gasteiger partial charge in [-0.1, -0.05) is 30.3 Å². The number of rotatable bonds is 4. The van der Waals surface area contributed by atoms with Gasteiger partial charge in [-0.05, 0) is 12.0 Å². The molecule has 1 aromatic carbocycles. The maximum Gasteiger partial charge on any atom is 0.219 e. The number of nitrogens with zero attached hydrogens (tertiary/aromatic N) is 1. The van der Waals surface area contributed by atoms with Crippen molar-refractivity contribution >= 4 is 5.91 Å². The SMILES string of the molecule is NC(=O)CC1(N)CCN(Cc2ccccc2)C1. The van der Waals surface area contributed by atoms with Crippen LogP contribution in [0.1, 0.15) is 18.4 Å². The monoisotopic (exact) mass is 233 g/mol. The van der Waals surface area contributed by atoms with E-state index in [0.29, 0.717) is 0 Å². The molecule has 1 aromatic rings. The van der Waals surface area contributed by atoms with Crippen LogP contribution < -0.4 is 11.5 Å². The zero-order valence-corrected chi connectivity index (χ0v) is 9.93. The van der Waals surface area contributed by atoms with E-state index in [2.05, 4.69) is 17.0 Å². The van der Waals surface area contributed by atoms with Gasteiger partial charge in [0.1, 0.15) is 0 Å². The Hall–Kier alpha value is -1.39. The van der Waals surface area contributed by atoms with Crippen LogP contribution >= 0.6 is 0 Å². The van der Waals surface area contributed by atoms with E-state index in [1.807, 2.05) is 18.2 Å². The highest BCUT2D eigenvalue weighted by Crippen LogP contribution is 2.23. The van der Waals surface area contributed by atoms with Gasteiger partial charge in [0.15, 0.2) is 0 Å². The summed E-state index contributed by atoms with van der Waals surface area (Å²) in [4.78, 5) is 13.2. The van der Waals surface area contributed by atoms with Gasteiger partial charge in [0.2, 0.25) is 5.91 Å². The van der Waals surface area contributed by atoms with Crippen molar-refractivity contribution < 1.29 is 4.79 Å². The Bertz CT molecular complexity index is 393. The van der Waals surface area contributed by atoms with E-state index < -0.39 is 5.54 Å². The molecule has 2 rings (SSSR count). The second-order valence-corrected chi connectivity index (χ2v) is 4.95. The highest BCUT2D eigenvalue weighted by molar-refractivity contribution is 5.75. The minimum absolute atomic E-state index is 0.276. The van der Waals surface area contributed by atoms with Gasteiger partial charge in [-0.3, -0.25) is 9.69 Å². The molecular formula is C13H19N3O. The fourth-order valence-corrected chi connectivity index (χ4v) is 2.45. The van der Waals surface area contributed by atoms with Gasteiger partial charge in [-0.15, -0.1) is 0 Å². The van der Waals surface area contributed by atoms with Crippen molar-refractivity contribution in [3.63, 3.8) is 0 Å². The van der Waals surface area contributed by atoms with Gasteiger partial charge in [-0.2, -0.15) is 0 Å². The third-order valence-electron chi connectivity index (χ3n) is 3.24. The van der Waals surface area contributed by atoms with Gasteiger partial charge in [0.25, 0.3) is 0 Å². The summed E-state index contributed by atoms with van der Waals surface area (Å²) in [6, 6.07) is 10.3. The highest BCUT2D eigenvalue weighted by atomic mass is 16.1. The van der Waals surface area contributed by atoms with Crippen LogP contribution in [0.15, 0.2) is 30.3 Å². The van der Waals surface area contributed by atoms with Crippen LogP contribution in [0.3, 0.4) is 0 Å². The first-order valence-electron chi connectivity index (χ1n) is 5.91. The average Bonchev–Trinajstić information content (AvgIpc) is 2.60. The van der Waals surface area contributed by atoms with Crippen LogP contribution in [0.4, 0.5) is 0 Å². The minimum atomic E-state index is -0.430. The molecule has 1 unspecified atom stereocenters. The van der Waals surface area contributed by atoms with Crippen molar-refractivity contribution in [2.75, 3.05) is 13.1 Å². The molecule has 4 N–H and O–H groups in total. The van der Waals surface area contributed by atoms with Crippen molar-refractivity contribution in [3.05, 3.63) is 35.9 Å². The summed E-state index contributed by atoms with van der Waals surface area (Å²) in [5, 5.41) is 0. The lowest BCUT2D eigenvalue weighted by atomic mass is 9.95. The second-order valence-electron chi connectivity index (χ2n) is 4.95. The quantitative estimate of drug-likeness (QED) is 0.794. The van der Waals surface area contributed by atoms with Crippen LogP contribution in [0.2, 0.25) is 0 Å². The van der Waals surface area contributed by atoms with Crippen molar-refractivity contribution in [3.8, 4) is 0 Å². The lowest BCUT2D eigenvalue weighted by Crippen LogP contribution is -2.45. The molecule has 0 saturated carbocycles. The van der Waals surface area contributed by atoms with Crippen LogP contribution in [0, 0.1) is 0 Å². The van der Waals surface area contributed by atoms with Crippen molar-refractivity contribution in [1.29, 1.82) is 0 Å². The number of benzene rings is 1. The first-order chi connectivity index (χ1) is 8.07. The Balaban J connectivity index is 1.92. The van der Waals surface area contributed by atoms with Gasteiger partial charge in [0, 0.05) is 31.6 Å². The number of nitrogens with two attached hydrogens (primary N) is 2. The third kappa shape index (κ3) is 3.28. The van der Waals surface area contributed by atoms with E-state index >= 15 is 0 Å². The van der Waals surface area contributed by atoms with Crippen LogP contribution in [0.5, 0.6) is 0 Å². The molecule has 1 atom stereocenters. The summed E-state index contributed by atoms with van der Waals surface area (Å²) in [5.41, 5.74) is 12.2. The molecule has 0 radical (unpaired) electrons. The van der Waals surface area contributed by atoms with Crippen LogP contribution in [0.25, 0.3) is 0 Å². The number of hydrogen-bond acceptors (Lipinski definition) is 3. The van der Waals surface area contributed by atoms with Crippen molar-refractivity contribution in [1.82, 2.24) is 4.90 Å². The van der Waals surface area contributed by atoms with Gasteiger partial charge >= 0.3 is 0 Å². The molecule has 0 bridgehead atoms. The summed E-state index contributed by atoms with van der Waals surface area (Å²) in [6.07, 6.45) is 1.11. The minimum Gasteiger partial charge on any atom is -0.370 e. The van der Waals surface area contributed by atoms with Crippen LogP contribution in [-0.2, 0) is 11.3 Å². The summed E-state index contributed by atoms with van der Waals surface area (Å²) >= 11 is 0. The molecule has 0 aromatic heterocycles. The van der Waals surface area contributed by atoms with Crippen LogP contribution in [-0.4, -0.2) is 29.4 Å². The molecule has 1 fully saturated rings. The Morgan fingerprint density at radius 3 is 2.71 bits per heavy atom. The largest absolute Gasteiger partial charge is 0.370 e. The zero-order chi connectivity index (χ0) is 12.3. The number of carbonyl (C=O) groups is 1. The van der Waals surface area contributed by atoms with Gasteiger partial charge in [-0.25, -0.2) is 0 Å². The predicted octanol–water partition coefficient (Wildman–Crippen LogP) is 0.465. The normalized spacial score (nSPS) is 25.0. The molecular weight excluding hydrogens is 214 g/mol. The molecule has 4 heteroatoms. The van der Waals surface area contributed by atoms with E-state index in [1.54, 1.807) is 0 Å². The average molecular weight is 233 g/mol. The predicted molar refractivity (Wildman–Crippen MR) is 67.1 cm³/mol. The highest BCUT2D eigenvalue weighted by Gasteiger charge is 2.35. The fourth-order valence-electron chi connectivity index (χ4n) is 2.45. The molecule has 0 aliphatic carbocycles. The molecule has 1 saturated heterocycles.